The van der Waals surface area contributed by atoms with Crippen LogP contribution >= 0.6 is 23.4 Å². The number of esters is 1. The maximum Gasteiger partial charge on any atom is 0.316 e. The van der Waals surface area contributed by atoms with Crippen LogP contribution in [0.5, 0.6) is 0 Å². The first-order chi connectivity index (χ1) is 9.67. The Morgan fingerprint density at radius 1 is 1.33 bits per heavy atom. The van der Waals surface area contributed by atoms with Crippen LogP contribution in [0, 0.1) is 0 Å². The summed E-state index contributed by atoms with van der Waals surface area (Å²) in [5, 5.41) is 3.06. The van der Waals surface area contributed by atoms with E-state index in [0.29, 0.717) is 16.4 Å². The van der Waals surface area contributed by atoms with Gasteiger partial charge in [0.15, 0.2) is 0 Å². The topological polar surface area (TPSA) is 81.4 Å². The van der Waals surface area contributed by atoms with Gasteiger partial charge in [0.05, 0.1) is 22.2 Å². The summed E-state index contributed by atoms with van der Waals surface area (Å²) in [6, 6.07) is 4.84. The predicted octanol–water partition coefficient (Wildman–Crippen LogP) is 2.94. The Morgan fingerprint density at radius 2 is 2.00 bits per heavy atom. The number of halogens is 1. The van der Waals surface area contributed by atoms with Gasteiger partial charge in [0, 0.05) is 5.69 Å². The van der Waals surface area contributed by atoms with Crippen LogP contribution in [-0.4, -0.2) is 29.0 Å². The number of thioether (sulfide) groups is 1. The number of carbonyl (C=O) groups excluding carboxylic acids is 2. The van der Waals surface area contributed by atoms with Gasteiger partial charge in [-0.05, 0) is 39.0 Å². The van der Waals surface area contributed by atoms with Crippen molar-refractivity contribution in [3.63, 3.8) is 0 Å². The smallest absolute Gasteiger partial charge is 0.316 e. The number of anilines is 2. The van der Waals surface area contributed by atoms with Crippen LogP contribution in [0.4, 0.5) is 11.4 Å². The molecule has 1 amide bonds. The van der Waals surface area contributed by atoms with Crippen molar-refractivity contribution in [1.82, 2.24) is 0 Å². The van der Waals surface area contributed by atoms with E-state index in [-0.39, 0.29) is 23.4 Å². The third kappa shape index (κ3) is 7.24. The first kappa shape index (κ1) is 17.7. The molecule has 0 aliphatic heterocycles. The monoisotopic (exact) mass is 330 g/mol. The van der Waals surface area contributed by atoms with Crippen molar-refractivity contribution in [3.8, 4) is 0 Å². The van der Waals surface area contributed by atoms with Crippen molar-refractivity contribution in [2.75, 3.05) is 22.6 Å². The van der Waals surface area contributed by atoms with Gasteiger partial charge in [-0.2, -0.15) is 0 Å². The highest BCUT2D eigenvalue weighted by Gasteiger charge is 2.16. The van der Waals surface area contributed by atoms with E-state index in [9.17, 15) is 9.59 Å². The van der Waals surface area contributed by atoms with Gasteiger partial charge in [-0.25, -0.2) is 0 Å². The van der Waals surface area contributed by atoms with Gasteiger partial charge in [-0.15, -0.1) is 11.8 Å². The fourth-order valence-electron chi connectivity index (χ4n) is 1.42. The molecule has 0 aromatic heterocycles. The number of carbonyl (C=O) groups is 2. The molecule has 0 aliphatic carbocycles. The third-order valence-corrected chi connectivity index (χ3v) is 3.37. The summed E-state index contributed by atoms with van der Waals surface area (Å²) in [5.74, 6) is -0.349. The van der Waals surface area contributed by atoms with Crippen LogP contribution in [0.3, 0.4) is 0 Å². The van der Waals surface area contributed by atoms with E-state index in [2.05, 4.69) is 5.32 Å². The molecule has 7 heteroatoms. The molecule has 0 spiro atoms. The molecule has 1 aromatic carbocycles. The van der Waals surface area contributed by atoms with Crippen LogP contribution in [-0.2, 0) is 14.3 Å². The minimum Gasteiger partial charge on any atom is -0.459 e. The second-order valence-electron chi connectivity index (χ2n) is 5.37. The zero-order valence-corrected chi connectivity index (χ0v) is 13.8. The molecule has 5 nitrogen and oxygen atoms in total. The Labute approximate surface area is 133 Å². The van der Waals surface area contributed by atoms with Crippen LogP contribution in [0.15, 0.2) is 18.2 Å². The molecular formula is C14H19ClN2O3S. The second kappa shape index (κ2) is 7.56. The molecule has 0 radical (unpaired) electrons. The minimum absolute atomic E-state index is 0.120. The molecule has 1 aromatic rings. The van der Waals surface area contributed by atoms with Gasteiger partial charge in [-0.3, -0.25) is 9.59 Å². The number of ether oxygens (including phenoxy) is 1. The lowest BCUT2D eigenvalue weighted by Gasteiger charge is -2.19. The molecule has 1 rings (SSSR count). The predicted molar refractivity (Wildman–Crippen MR) is 87.7 cm³/mol. The lowest BCUT2D eigenvalue weighted by atomic mass is 10.2. The molecule has 3 N–H and O–H groups in total. The SMILES string of the molecule is CC(C)(C)OC(=O)CSCC(=O)Nc1cc(N)ccc1Cl. The lowest BCUT2D eigenvalue weighted by Crippen LogP contribution is -2.25. The molecule has 0 atom stereocenters. The van der Waals surface area contributed by atoms with E-state index >= 15 is 0 Å². The number of hydrogen-bond donors (Lipinski definition) is 2. The highest BCUT2D eigenvalue weighted by atomic mass is 35.5. The van der Waals surface area contributed by atoms with E-state index in [0.717, 1.165) is 0 Å². The standard InChI is InChI=1S/C14H19ClN2O3S/c1-14(2,3)20-13(19)8-21-7-12(18)17-11-6-9(16)4-5-10(11)15/h4-6H,7-8,16H2,1-3H3,(H,17,18). The third-order valence-electron chi connectivity index (χ3n) is 2.14. The highest BCUT2D eigenvalue weighted by Crippen LogP contribution is 2.24. The first-order valence-electron chi connectivity index (χ1n) is 6.32. The average molecular weight is 331 g/mol. The number of nitrogens with one attached hydrogen (secondary N) is 1. The Morgan fingerprint density at radius 3 is 2.62 bits per heavy atom. The Hall–Kier alpha value is -1.40. The zero-order valence-electron chi connectivity index (χ0n) is 12.2. The summed E-state index contributed by atoms with van der Waals surface area (Å²) < 4.78 is 5.14. The average Bonchev–Trinajstić information content (AvgIpc) is 2.31. The normalized spacial score (nSPS) is 11.0. The number of rotatable bonds is 5. The van der Waals surface area contributed by atoms with Gasteiger partial charge in [0.1, 0.15) is 5.60 Å². The minimum atomic E-state index is -0.519. The van der Waals surface area contributed by atoms with Crippen molar-refractivity contribution in [1.29, 1.82) is 0 Å². The summed E-state index contributed by atoms with van der Waals surface area (Å²) >= 11 is 7.12. The van der Waals surface area contributed by atoms with Crippen LogP contribution in [0.25, 0.3) is 0 Å². The van der Waals surface area contributed by atoms with Crippen LogP contribution in [0.2, 0.25) is 5.02 Å². The van der Waals surface area contributed by atoms with Crippen LogP contribution < -0.4 is 11.1 Å². The molecule has 0 unspecified atom stereocenters. The van der Waals surface area contributed by atoms with E-state index in [1.807, 2.05) is 0 Å². The number of nitrogens with two attached hydrogens (primary N) is 1. The molecule has 0 saturated heterocycles. The van der Waals surface area contributed by atoms with Crippen molar-refractivity contribution < 1.29 is 14.3 Å². The number of amides is 1. The number of nitrogen functional groups attached to an aromatic ring is 1. The Bertz CT molecular complexity index is 529. The first-order valence-corrected chi connectivity index (χ1v) is 7.85. The fraction of sp³-hybridized carbons (Fsp3) is 0.429. The van der Waals surface area contributed by atoms with E-state index in [1.54, 1.807) is 39.0 Å². The summed E-state index contributed by atoms with van der Waals surface area (Å²) in [4.78, 5) is 23.2. The van der Waals surface area contributed by atoms with Gasteiger partial charge in [-0.1, -0.05) is 11.6 Å². The highest BCUT2D eigenvalue weighted by molar-refractivity contribution is 8.00. The molecule has 0 heterocycles. The Kier molecular flexibility index (Phi) is 6.36. The second-order valence-corrected chi connectivity index (χ2v) is 6.76. The van der Waals surface area contributed by atoms with Crippen molar-refractivity contribution in [2.24, 2.45) is 0 Å². The lowest BCUT2D eigenvalue weighted by molar-refractivity contribution is -0.151. The zero-order chi connectivity index (χ0) is 16.0. The number of hydrogen-bond acceptors (Lipinski definition) is 5. The summed E-state index contributed by atoms with van der Waals surface area (Å²) in [6.07, 6.45) is 0. The maximum atomic E-state index is 11.8. The van der Waals surface area contributed by atoms with Crippen molar-refractivity contribution in [3.05, 3.63) is 23.2 Å². The van der Waals surface area contributed by atoms with Crippen LogP contribution in [0.1, 0.15) is 20.8 Å². The Balaban J connectivity index is 2.38. The molecule has 21 heavy (non-hydrogen) atoms. The quantitative estimate of drug-likeness (QED) is 0.640. The van der Waals surface area contributed by atoms with Gasteiger partial charge in [0.2, 0.25) is 5.91 Å². The summed E-state index contributed by atoms with van der Waals surface area (Å²) in [7, 11) is 0. The summed E-state index contributed by atoms with van der Waals surface area (Å²) in [6.45, 7) is 5.39. The maximum absolute atomic E-state index is 11.8. The van der Waals surface area contributed by atoms with Gasteiger partial charge < -0.3 is 15.8 Å². The molecule has 116 valence electrons. The molecule has 0 bridgehead atoms. The van der Waals surface area contributed by atoms with Gasteiger partial charge >= 0.3 is 5.97 Å². The molecule has 0 aliphatic rings. The van der Waals surface area contributed by atoms with Gasteiger partial charge in [0.25, 0.3) is 0 Å². The number of benzene rings is 1. The fourth-order valence-corrected chi connectivity index (χ4v) is 2.17. The van der Waals surface area contributed by atoms with E-state index < -0.39 is 5.60 Å². The molecule has 0 fully saturated rings. The largest absolute Gasteiger partial charge is 0.459 e. The van der Waals surface area contributed by atoms with Crippen molar-refractivity contribution >= 4 is 46.6 Å². The van der Waals surface area contributed by atoms with E-state index in [1.165, 1.54) is 11.8 Å². The van der Waals surface area contributed by atoms with E-state index in [4.69, 9.17) is 22.1 Å². The molecular weight excluding hydrogens is 312 g/mol. The van der Waals surface area contributed by atoms with Crippen molar-refractivity contribution in [2.45, 2.75) is 26.4 Å². The molecule has 0 saturated carbocycles. The summed E-state index contributed by atoms with van der Waals surface area (Å²) in [5.41, 5.74) is 6.07.